The summed E-state index contributed by atoms with van der Waals surface area (Å²) >= 11 is 0. The molecule has 0 heterocycles. The fraction of sp³-hybridized carbons (Fsp3) is 0.600. The molecule has 2 fully saturated rings. The third-order valence-corrected chi connectivity index (χ3v) is 5.94. The largest absolute Gasteiger partial charge is 0.326 e. The molecule has 0 radical (unpaired) electrons. The van der Waals surface area contributed by atoms with E-state index in [4.69, 9.17) is 5.73 Å². The highest BCUT2D eigenvalue weighted by molar-refractivity contribution is 7.89. The molecular formula is C15H21FN2O2S. The molecule has 4 nitrogen and oxygen atoms in total. The lowest BCUT2D eigenvalue weighted by atomic mass is 9.99. The van der Waals surface area contributed by atoms with Crippen LogP contribution in [0.25, 0.3) is 0 Å². The van der Waals surface area contributed by atoms with Gasteiger partial charge in [0.1, 0.15) is 10.7 Å². The standard InChI is InChI=1S/C15H21FN2O2S/c16-14-7-10(8-17)1-6-15(14)21(19,20)18-9-13(11-2-3-11)12-4-5-12/h1,6-7,11-13,18H,2-5,8-9,17H2. The van der Waals surface area contributed by atoms with E-state index in [0.717, 1.165) is 0 Å². The van der Waals surface area contributed by atoms with Gasteiger partial charge in [-0.1, -0.05) is 6.07 Å². The van der Waals surface area contributed by atoms with Gasteiger partial charge in [-0.05, 0) is 61.1 Å². The summed E-state index contributed by atoms with van der Waals surface area (Å²) in [7, 11) is -3.79. The van der Waals surface area contributed by atoms with Crippen LogP contribution in [-0.2, 0) is 16.6 Å². The zero-order valence-electron chi connectivity index (χ0n) is 11.9. The van der Waals surface area contributed by atoms with E-state index in [2.05, 4.69) is 4.72 Å². The van der Waals surface area contributed by atoms with Crippen molar-refractivity contribution in [1.29, 1.82) is 0 Å². The van der Waals surface area contributed by atoms with Crippen LogP contribution < -0.4 is 10.5 Å². The van der Waals surface area contributed by atoms with Crippen LogP contribution >= 0.6 is 0 Å². The highest BCUT2D eigenvalue weighted by Crippen LogP contribution is 2.48. The van der Waals surface area contributed by atoms with Crippen LogP contribution in [-0.4, -0.2) is 15.0 Å². The topological polar surface area (TPSA) is 72.2 Å². The van der Waals surface area contributed by atoms with E-state index in [0.29, 0.717) is 29.9 Å². The lowest BCUT2D eigenvalue weighted by Gasteiger charge is -2.16. The third kappa shape index (κ3) is 3.44. The molecule has 0 spiro atoms. The van der Waals surface area contributed by atoms with E-state index >= 15 is 0 Å². The molecule has 21 heavy (non-hydrogen) atoms. The number of benzene rings is 1. The number of nitrogens with two attached hydrogens (primary N) is 1. The van der Waals surface area contributed by atoms with E-state index < -0.39 is 15.8 Å². The Morgan fingerprint density at radius 1 is 1.24 bits per heavy atom. The van der Waals surface area contributed by atoms with Crippen LogP contribution in [0, 0.1) is 23.6 Å². The molecule has 0 aromatic heterocycles. The van der Waals surface area contributed by atoms with E-state index in [1.54, 1.807) is 6.07 Å². The maximum absolute atomic E-state index is 13.9. The Balaban J connectivity index is 1.71. The highest BCUT2D eigenvalue weighted by Gasteiger charge is 2.41. The average molecular weight is 312 g/mol. The summed E-state index contributed by atoms with van der Waals surface area (Å²) in [4.78, 5) is -0.287. The van der Waals surface area contributed by atoms with Gasteiger partial charge in [-0.2, -0.15) is 0 Å². The molecule has 2 aliphatic carbocycles. The van der Waals surface area contributed by atoms with Crippen molar-refractivity contribution in [2.75, 3.05) is 6.54 Å². The lowest BCUT2D eigenvalue weighted by Crippen LogP contribution is -2.31. The fourth-order valence-corrected chi connectivity index (χ4v) is 4.07. The van der Waals surface area contributed by atoms with Gasteiger partial charge in [0.05, 0.1) is 0 Å². The van der Waals surface area contributed by atoms with E-state index in [1.807, 2.05) is 0 Å². The van der Waals surface area contributed by atoms with Crippen LogP contribution in [0.3, 0.4) is 0 Å². The first-order valence-electron chi connectivity index (χ1n) is 7.49. The van der Waals surface area contributed by atoms with Crippen molar-refractivity contribution in [3.63, 3.8) is 0 Å². The van der Waals surface area contributed by atoms with Crippen molar-refractivity contribution in [2.45, 2.75) is 37.1 Å². The molecule has 3 rings (SSSR count). The maximum atomic E-state index is 13.9. The van der Waals surface area contributed by atoms with Gasteiger partial charge in [0.2, 0.25) is 10.0 Å². The molecular weight excluding hydrogens is 291 g/mol. The molecule has 0 aliphatic heterocycles. The Morgan fingerprint density at radius 3 is 2.33 bits per heavy atom. The van der Waals surface area contributed by atoms with Crippen molar-refractivity contribution in [2.24, 2.45) is 23.5 Å². The van der Waals surface area contributed by atoms with Gasteiger partial charge < -0.3 is 5.73 Å². The molecule has 0 saturated heterocycles. The molecule has 2 aliphatic rings. The maximum Gasteiger partial charge on any atom is 0.243 e. The summed E-state index contributed by atoms with van der Waals surface area (Å²) in [6.45, 7) is 0.617. The molecule has 0 unspecified atom stereocenters. The molecule has 6 heteroatoms. The van der Waals surface area contributed by atoms with Crippen LogP contribution in [0.1, 0.15) is 31.2 Å². The van der Waals surface area contributed by atoms with Crippen LogP contribution in [0.4, 0.5) is 4.39 Å². The zero-order chi connectivity index (χ0) is 15.0. The van der Waals surface area contributed by atoms with Crippen LogP contribution in [0.2, 0.25) is 0 Å². The quantitative estimate of drug-likeness (QED) is 0.809. The molecule has 2 saturated carbocycles. The number of halogens is 1. The summed E-state index contributed by atoms with van der Waals surface area (Å²) in [6, 6.07) is 4.04. The van der Waals surface area contributed by atoms with Gasteiger partial charge in [0.15, 0.2) is 0 Å². The molecule has 0 bridgehead atoms. The van der Waals surface area contributed by atoms with Gasteiger partial charge in [-0.3, -0.25) is 0 Å². The number of nitrogens with one attached hydrogen (secondary N) is 1. The SMILES string of the molecule is NCc1ccc(S(=O)(=O)NCC(C2CC2)C2CC2)c(F)c1. The Bertz CT molecular complexity index is 613. The highest BCUT2D eigenvalue weighted by atomic mass is 32.2. The number of sulfonamides is 1. The number of rotatable bonds is 7. The summed E-state index contributed by atoms with van der Waals surface area (Å²) in [6.07, 6.45) is 4.79. The summed E-state index contributed by atoms with van der Waals surface area (Å²) in [5.41, 5.74) is 6.01. The molecule has 0 atom stereocenters. The van der Waals surface area contributed by atoms with Crippen molar-refractivity contribution in [1.82, 2.24) is 4.72 Å². The van der Waals surface area contributed by atoms with Crippen molar-refractivity contribution >= 4 is 10.0 Å². The molecule has 116 valence electrons. The number of hydrogen-bond donors (Lipinski definition) is 2. The molecule has 0 amide bonds. The second-order valence-corrected chi connectivity index (χ2v) is 7.89. The van der Waals surface area contributed by atoms with Crippen molar-refractivity contribution in [3.05, 3.63) is 29.6 Å². The molecule has 1 aromatic carbocycles. The normalized spacial score (nSPS) is 19.2. The Kier molecular flexibility index (Phi) is 4.03. The predicted octanol–water partition coefficient (Wildman–Crippen LogP) is 2.00. The molecule has 3 N–H and O–H groups in total. The predicted molar refractivity (Wildman–Crippen MR) is 78.4 cm³/mol. The zero-order valence-corrected chi connectivity index (χ0v) is 12.7. The fourth-order valence-electron chi connectivity index (χ4n) is 2.94. The minimum atomic E-state index is -3.79. The van der Waals surface area contributed by atoms with E-state index in [9.17, 15) is 12.8 Å². The second kappa shape index (κ2) is 5.66. The van der Waals surface area contributed by atoms with E-state index in [1.165, 1.54) is 37.8 Å². The van der Waals surface area contributed by atoms with Crippen molar-refractivity contribution < 1.29 is 12.8 Å². The average Bonchev–Trinajstić information content (AvgIpc) is 3.31. The van der Waals surface area contributed by atoms with Crippen LogP contribution in [0.15, 0.2) is 23.1 Å². The van der Waals surface area contributed by atoms with Gasteiger partial charge in [-0.15, -0.1) is 0 Å². The minimum Gasteiger partial charge on any atom is -0.326 e. The van der Waals surface area contributed by atoms with Gasteiger partial charge in [0.25, 0.3) is 0 Å². The third-order valence-electron chi connectivity index (χ3n) is 4.49. The van der Waals surface area contributed by atoms with Gasteiger partial charge in [0, 0.05) is 13.1 Å². The summed E-state index contributed by atoms with van der Waals surface area (Å²) in [5.74, 6) is 1.00. The van der Waals surface area contributed by atoms with Crippen molar-refractivity contribution in [3.8, 4) is 0 Å². The Hall–Kier alpha value is -0.980. The number of hydrogen-bond acceptors (Lipinski definition) is 3. The second-order valence-electron chi connectivity index (χ2n) is 6.16. The van der Waals surface area contributed by atoms with Gasteiger partial charge in [-0.25, -0.2) is 17.5 Å². The lowest BCUT2D eigenvalue weighted by molar-refractivity contribution is 0.401. The minimum absolute atomic E-state index is 0.191. The smallest absolute Gasteiger partial charge is 0.243 e. The summed E-state index contributed by atoms with van der Waals surface area (Å²) in [5, 5.41) is 0. The first-order chi connectivity index (χ1) is 10.0. The van der Waals surface area contributed by atoms with E-state index in [-0.39, 0.29) is 11.4 Å². The molecule has 1 aromatic rings. The first-order valence-corrected chi connectivity index (χ1v) is 8.98. The summed E-state index contributed by atoms with van der Waals surface area (Å²) < 4.78 is 41.0. The first kappa shape index (κ1) is 14.9. The van der Waals surface area contributed by atoms with Gasteiger partial charge >= 0.3 is 0 Å². The Labute approximate surface area is 125 Å². The Morgan fingerprint density at radius 2 is 1.86 bits per heavy atom. The monoisotopic (exact) mass is 312 g/mol. The van der Waals surface area contributed by atoms with Crippen LogP contribution in [0.5, 0.6) is 0 Å².